The lowest BCUT2D eigenvalue weighted by Crippen LogP contribution is -2.31. The van der Waals surface area contributed by atoms with E-state index in [1.807, 2.05) is 13.8 Å². The number of pyridine rings is 1. The van der Waals surface area contributed by atoms with Gasteiger partial charge in [0.1, 0.15) is 5.75 Å². The number of nitrogens with zero attached hydrogens (tertiary/aromatic N) is 1. The predicted octanol–water partition coefficient (Wildman–Crippen LogP) is 4.20. The van der Waals surface area contributed by atoms with Crippen LogP contribution in [0.5, 0.6) is 11.6 Å². The van der Waals surface area contributed by atoms with Crippen molar-refractivity contribution in [3.05, 3.63) is 77.5 Å². The molecule has 1 aliphatic heterocycles. The number of carbonyl (C=O) groups excluding carboxylic acids is 1. The van der Waals surface area contributed by atoms with Crippen LogP contribution >= 0.6 is 0 Å². The first-order valence-electron chi connectivity index (χ1n) is 11.0. The number of sulfonamides is 1. The molecule has 2 N–H and O–H groups in total. The van der Waals surface area contributed by atoms with E-state index in [4.69, 9.17) is 9.47 Å². The van der Waals surface area contributed by atoms with E-state index in [2.05, 4.69) is 15.0 Å². The topological polar surface area (TPSA) is 107 Å². The van der Waals surface area contributed by atoms with Gasteiger partial charge in [-0.2, -0.15) is 0 Å². The van der Waals surface area contributed by atoms with Crippen LogP contribution in [0.3, 0.4) is 0 Å². The van der Waals surface area contributed by atoms with E-state index < -0.39 is 10.0 Å². The highest BCUT2D eigenvalue weighted by Gasteiger charge is 2.17. The summed E-state index contributed by atoms with van der Waals surface area (Å²) in [4.78, 5) is 16.7. The minimum absolute atomic E-state index is 0.0768. The molecule has 178 valence electrons. The standard InChI is InChI=1S/C25H27N3O5S/c1-17-5-11-23(14-18(17)2)34(30,31)28-20-7-9-21(10-8-20)33-24-12-6-19(15-26-24)25(29)27-16-22-4-3-13-32-22/h5-12,14-15,22,28H,3-4,13,16H2,1-2H3,(H,27,29)/t22-/m0/s1. The molecule has 8 nitrogen and oxygen atoms in total. The molecule has 1 aromatic heterocycles. The van der Waals surface area contributed by atoms with Crippen LogP contribution in [0.4, 0.5) is 5.69 Å². The molecule has 34 heavy (non-hydrogen) atoms. The molecule has 1 fully saturated rings. The summed E-state index contributed by atoms with van der Waals surface area (Å²) in [6.07, 6.45) is 3.50. The third-order valence-electron chi connectivity index (χ3n) is 5.63. The van der Waals surface area contributed by atoms with Crippen molar-refractivity contribution in [3.63, 3.8) is 0 Å². The Morgan fingerprint density at radius 3 is 2.53 bits per heavy atom. The molecular weight excluding hydrogens is 454 g/mol. The smallest absolute Gasteiger partial charge is 0.261 e. The van der Waals surface area contributed by atoms with Crippen molar-refractivity contribution < 1.29 is 22.7 Å². The summed E-state index contributed by atoms with van der Waals surface area (Å²) in [6, 6.07) is 14.8. The minimum Gasteiger partial charge on any atom is -0.439 e. The molecule has 0 radical (unpaired) electrons. The third kappa shape index (κ3) is 5.92. The number of ether oxygens (including phenoxy) is 2. The number of rotatable bonds is 8. The van der Waals surface area contributed by atoms with Crippen LogP contribution in [0, 0.1) is 13.8 Å². The van der Waals surface area contributed by atoms with Crippen LogP contribution in [0.25, 0.3) is 0 Å². The van der Waals surface area contributed by atoms with Gasteiger partial charge in [0.05, 0.1) is 16.6 Å². The van der Waals surface area contributed by atoms with Gasteiger partial charge in [-0.3, -0.25) is 9.52 Å². The van der Waals surface area contributed by atoms with E-state index in [-0.39, 0.29) is 16.9 Å². The van der Waals surface area contributed by atoms with Gasteiger partial charge in [-0.25, -0.2) is 13.4 Å². The molecule has 2 aromatic carbocycles. The summed E-state index contributed by atoms with van der Waals surface area (Å²) in [5.74, 6) is 0.589. The Morgan fingerprint density at radius 1 is 1.09 bits per heavy atom. The van der Waals surface area contributed by atoms with Crippen molar-refractivity contribution in [1.82, 2.24) is 10.3 Å². The fourth-order valence-electron chi connectivity index (χ4n) is 3.50. The number of hydrogen-bond donors (Lipinski definition) is 2. The lowest BCUT2D eigenvalue weighted by Gasteiger charge is -2.11. The first-order valence-corrected chi connectivity index (χ1v) is 12.5. The second-order valence-electron chi connectivity index (χ2n) is 8.21. The molecule has 1 amide bonds. The van der Waals surface area contributed by atoms with E-state index >= 15 is 0 Å². The summed E-state index contributed by atoms with van der Waals surface area (Å²) in [5.41, 5.74) is 2.78. The quantitative estimate of drug-likeness (QED) is 0.499. The second-order valence-corrected chi connectivity index (χ2v) is 9.89. The summed E-state index contributed by atoms with van der Waals surface area (Å²) < 4.78 is 39.1. The van der Waals surface area contributed by atoms with Crippen molar-refractivity contribution in [2.45, 2.75) is 37.7 Å². The third-order valence-corrected chi connectivity index (χ3v) is 7.01. The Hall–Kier alpha value is -3.43. The lowest BCUT2D eigenvalue weighted by molar-refractivity contribution is 0.0857. The maximum Gasteiger partial charge on any atom is 0.261 e. The molecule has 0 aliphatic carbocycles. The van der Waals surface area contributed by atoms with Crippen LogP contribution in [0.1, 0.15) is 34.3 Å². The van der Waals surface area contributed by atoms with Crippen molar-refractivity contribution in [2.24, 2.45) is 0 Å². The number of anilines is 1. The number of nitrogens with one attached hydrogen (secondary N) is 2. The largest absolute Gasteiger partial charge is 0.439 e. The van der Waals surface area contributed by atoms with Crippen LogP contribution < -0.4 is 14.8 Å². The highest BCUT2D eigenvalue weighted by molar-refractivity contribution is 7.92. The SMILES string of the molecule is Cc1ccc(S(=O)(=O)Nc2ccc(Oc3ccc(C(=O)NC[C@@H]4CCCO4)cn3)cc2)cc1C. The average Bonchev–Trinajstić information content (AvgIpc) is 3.34. The van der Waals surface area contributed by atoms with Crippen molar-refractivity contribution >= 4 is 21.6 Å². The van der Waals surface area contributed by atoms with Gasteiger partial charge >= 0.3 is 0 Å². The van der Waals surface area contributed by atoms with Crippen LogP contribution in [-0.4, -0.2) is 38.6 Å². The van der Waals surface area contributed by atoms with E-state index in [1.54, 1.807) is 54.6 Å². The molecule has 1 saturated heterocycles. The number of amides is 1. The van der Waals surface area contributed by atoms with E-state index in [0.29, 0.717) is 29.4 Å². The van der Waals surface area contributed by atoms with Gasteiger partial charge in [-0.1, -0.05) is 6.07 Å². The maximum absolute atomic E-state index is 12.7. The van der Waals surface area contributed by atoms with Gasteiger partial charge in [0.25, 0.3) is 15.9 Å². The number of benzene rings is 2. The number of carbonyl (C=O) groups is 1. The zero-order valence-electron chi connectivity index (χ0n) is 19.1. The Bertz CT molecular complexity index is 1250. The van der Waals surface area contributed by atoms with E-state index in [9.17, 15) is 13.2 Å². The molecule has 4 rings (SSSR count). The van der Waals surface area contributed by atoms with Gasteiger partial charge < -0.3 is 14.8 Å². The average molecular weight is 482 g/mol. The molecule has 0 spiro atoms. The van der Waals surface area contributed by atoms with Crippen molar-refractivity contribution in [3.8, 4) is 11.6 Å². The zero-order valence-corrected chi connectivity index (χ0v) is 19.9. The Labute approximate surface area is 199 Å². The summed E-state index contributed by atoms with van der Waals surface area (Å²) in [7, 11) is -3.70. The number of aryl methyl sites for hydroxylation is 2. The zero-order chi connectivity index (χ0) is 24.1. The molecule has 2 heterocycles. The van der Waals surface area contributed by atoms with Gasteiger partial charge in [0.2, 0.25) is 5.88 Å². The normalized spacial score (nSPS) is 15.6. The van der Waals surface area contributed by atoms with E-state index in [1.165, 1.54) is 6.20 Å². The Kier molecular flexibility index (Phi) is 7.14. The highest BCUT2D eigenvalue weighted by Crippen LogP contribution is 2.24. The van der Waals surface area contributed by atoms with Gasteiger partial charge in [0.15, 0.2) is 0 Å². The van der Waals surface area contributed by atoms with Crippen LogP contribution in [0.2, 0.25) is 0 Å². The van der Waals surface area contributed by atoms with Gasteiger partial charge in [0, 0.05) is 31.1 Å². The van der Waals surface area contributed by atoms with Gasteiger partial charge in [-0.15, -0.1) is 0 Å². The second kappa shape index (κ2) is 10.2. The fourth-order valence-corrected chi connectivity index (χ4v) is 4.64. The van der Waals surface area contributed by atoms with Crippen molar-refractivity contribution in [2.75, 3.05) is 17.9 Å². The fraction of sp³-hybridized carbons (Fsp3) is 0.280. The van der Waals surface area contributed by atoms with E-state index in [0.717, 1.165) is 30.6 Å². The number of aromatic nitrogens is 1. The molecule has 1 atom stereocenters. The van der Waals surface area contributed by atoms with Gasteiger partial charge in [-0.05, 0) is 80.3 Å². The maximum atomic E-state index is 12.7. The summed E-state index contributed by atoms with van der Waals surface area (Å²) in [5, 5.41) is 2.85. The van der Waals surface area contributed by atoms with Crippen LogP contribution in [0.15, 0.2) is 65.7 Å². The first-order chi connectivity index (χ1) is 16.3. The first kappa shape index (κ1) is 23.7. The Morgan fingerprint density at radius 2 is 1.88 bits per heavy atom. The summed E-state index contributed by atoms with van der Waals surface area (Å²) >= 11 is 0. The highest BCUT2D eigenvalue weighted by atomic mass is 32.2. The minimum atomic E-state index is -3.70. The molecular formula is C25H27N3O5S. The molecule has 0 bridgehead atoms. The lowest BCUT2D eigenvalue weighted by atomic mass is 10.1. The number of hydrogen-bond acceptors (Lipinski definition) is 6. The molecule has 1 aliphatic rings. The molecule has 3 aromatic rings. The summed E-state index contributed by atoms with van der Waals surface area (Å²) in [6.45, 7) is 5.03. The molecule has 0 unspecified atom stereocenters. The Balaban J connectivity index is 1.34. The van der Waals surface area contributed by atoms with Crippen molar-refractivity contribution in [1.29, 1.82) is 0 Å². The molecule has 9 heteroatoms. The molecule has 0 saturated carbocycles. The monoisotopic (exact) mass is 481 g/mol. The predicted molar refractivity (Wildman–Crippen MR) is 129 cm³/mol. The van der Waals surface area contributed by atoms with Crippen LogP contribution in [-0.2, 0) is 14.8 Å².